The Balaban J connectivity index is 1.74. The topological polar surface area (TPSA) is 62.8 Å². The monoisotopic (exact) mass is 363 g/mol. The Morgan fingerprint density at radius 1 is 1.19 bits per heavy atom. The highest BCUT2D eigenvalue weighted by molar-refractivity contribution is 5.92. The van der Waals surface area contributed by atoms with Crippen LogP contribution in [-0.2, 0) is 4.79 Å². The highest BCUT2D eigenvalue weighted by Crippen LogP contribution is 2.29. The fraction of sp³-hybridized carbons (Fsp3) is 0.650. The molecule has 0 aliphatic carbocycles. The first-order valence-corrected chi connectivity index (χ1v) is 9.49. The maximum Gasteiger partial charge on any atom is 0.226 e. The molecule has 1 saturated heterocycles. The zero-order valence-corrected chi connectivity index (χ0v) is 16.5. The number of hydrogen-bond donors (Lipinski definition) is 2. The van der Waals surface area contributed by atoms with Crippen molar-refractivity contribution in [3.8, 4) is 11.5 Å². The van der Waals surface area contributed by atoms with Crippen molar-refractivity contribution in [2.75, 3.05) is 45.7 Å². The van der Waals surface area contributed by atoms with Crippen molar-refractivity contribution < 1.29 is 14.3 Å². The summed E-state index contributed by atoms with van der Waals surface area (Å²) in [5, 5.41) is 6.40. The first-order chi connectivity index (χ1) is 12.5. The number of rotatable bonds is 10. The van der Waals surface area contributed by atoms with Crippen LogP contribution in [0.1, 0.15) is 33.1 Å². The van der Waals surface area contributed by atoms with Gasteiger partial charge in [0.05, 0.1) is 19.9 Å². The molecule has 2 rings (SSSR count). The number of carbonyl (C=O) groups excluding carboxylic acids is 1. The zero-order valence-electron chi connectivity index (χ0n) is 16.5. The van der Waals surface area contributed by atoms with Gasteiger partial charge in [0.25, 0.3) is 0 Å². The van der Waals surface area contributed by atoms with Crippen LogP contribution < -0.4 is 20.1 Å². The molecule has 6 nitrogen and oxygen atoms in total. The van der Waals surface area contributed by atoms with Gasteiger partial charge in [0, 0.05) is 25.1 Å². The summed E-state index contributed by atoms with van der Waals surface area (Å²) in [5.74, 6) is 1.85. The molecule has 2 N–H and O–H groups in total. The van der Waals surface area contributed by atoms with E-state index in [1.165, 1.54) is 25.9 Å². The summed E-state index contributed by atoms with van der Waals surface area (Å²) in [7, 11) is 3.18. The Morgan fingerprint density at radius 2 is 1.92 bits per heavy atom. The average Bonchev–Trinajstić information content (AvgIpc) is 3.13. The molecule has 0 radical (unpaired) electrons. The number of likely N-dealkylation sites (tertiary alicyclic amines) is 1. The van der Waals surface area contributed by atoms with Gasteiger partial charge < -0.3 is 25.0 Å². The molecule has 1 amide bonds. The minimum absolute atomic E-state index is 0.0272. The lowest BCUT2D eigenvalue weighted by Crippen LogP contribution is -2.37. The van der Waals surface area contributed by atoms with Crippen molar-refractivity contribution in [3.05, 3.63) is 18.2 Å². The molecule has 0 bridgehead atoms. The molecule has 1 fully saturated rings. The summed E-state index contributed by atoms with van der Waals surface area (Å²) in [5.41, 5.74) is 0.660. The molecule has 0 aromatic heterocycles. The van der Waals surface area contributed by atoms with E-state index >= 15 is 0 Å². The quantitative estimate of drug-likeness (QED) is 0.669. The highest BCUT2D eigenvalue weighted by atomic mass is 16.5. The molecule has 1 aliphatic heterocycles. The molecule has 146 valence electrons. The lowest BCUT2D eigenvalue weighted by molar-refractivity contribution is -0.116. The van der Waals surface area contributed by atoms with Gasteiger partial charge in [-0.3, -0.25) is 4.79 Å². The van der Waals surface area contributed by atoms with Gasteiger partial charge in [-0.15, -0.1) is 0 Å². The number of amides is 1. The van der Waals surface area contributed by atoms with Gasteiger partial charge in [0.1, 0.15) is 11.5 Å². The van der Waals surface area contributed by atoms with Crippen LogP contribution in [-0.4, -0.2) is 57.2 Å². The van der Waals surface area contributed by atoms with Crippen LogP contribution in [0.2, 0.25) is 0 Å². The first-order valence-electron chi connectivity index (χ1n) is 9.49. The number of methoxy groups -OCH3 is 2. The van der Waals surface area contributed by atoms with E-state index in [9.17, 15) is 4.79 Å². The maximum absolute atomic E-state index is 12.3. The molecule has 2 atom stereocenters. The van der Waals surface area contributed by atoms with E-state index in [-0.39, 0.29) is 11.9 Å². The Kier molecular flexibility index (Phi) is 8.19. The van der Waals surface area contributed by atoms with E-state index < -0.39 is 0 Å². The lowest BCUT2D eigenvalue weighted by atomic mass is 10.1. The van der Waals surface area contributed by atoms with Crippen LogP contribution in [0.15, 0.2) is 18.2 Å². The van der Waals surface area contributed by atoms with Gasteiger partial charge in [-0.2, -0.15) is 0 Å². The molecule has 1 aromatic rings. The van der Waals surface area contributed by atoms with Gasteiger partial charge in [-0.25, -0.2) is 0 Å². The highest BCUT2D eigenvalue weighted by Gasteiger charge is 2.16. The average molecular weight is 364 g/mol. The Bertz CT molecular complexity index is 573. The standard InChI is InChI=1S/C20H33N3O3/c1-15(14-23-9-5-6-10-23)13-21-16(2)11-20(24)22-18-8-7-17(25-3)12-19(18)26-4/h7-8,12,15-16,21H,5-6,9-11,13-14H2,1-4H3,(H,22,24). The third-order valence-electron chi connectivity index (χ3n) is 4.76. The number of anilines is 1. The third kappa shape index (κ3) is 6.50. The second kappa shape index (κ2) is 10.4. The predicted octanol–water partition coefficient (Wildman–Crippen LogP) is 2.74. The van der Waals surface area contributed by atoms with E-state index in [0.29, 0.717) is 29.5 Å². The summed E-state index contributed by atoms with van der Waals surface area (Å²) in [4.78, 5) is 14.9. The van der Waals surface area contributed by atoms with Crippen LogP contribution in [0.3, 0.4) is 0 Å². The number of benzene rings is 1. The fourth-order valence-corrected chi connectivity index (χ4v) is 3.33. The van der Waals surface area contributed by atoms with Crippen LogP contribution >= 0.6 is 0 Å². The summed E-state index contributed by atoms with van der Waals surface area (Å²) < 4.78 is 10.5. The van der Waals surface area contributed by atoms with E-state index in [4.69, 9.17) is 9.47 Å². The summed E-state index contributed by atoms with van der Waals surface area (Å²) in [6.07, 6.45) is 3.07. The minimum atomic E-state index is -0.0272. The van der Waals surface area contributed by atoms with E-state index in [2.05, 4.69) is 22.5 Å². The van der Waals surface area contributed by atoms with Crippen LogP contribution in [0, 0.1) is 5.92 Å². The first kappa shape index (κ1) is 20.5. The number of nitrogens with zero attached hydrogens (tertiary/aromatic N) is 1. The van der Waals surface area contributed by atoms with Gasteiger partial charge in [-0.05, 0) is 57.5 Å². The van der Waals surface area contributed by atoms with Gasteiger partial charge in [-0.1, -0.05) is 6.92 Å². The Hall–Kier alpha value is -1.79. The Morgan fingerprint density at radius 3 is 2.58 bits per heavy atom. The van der Waals surface area contributed by atoms with Crippen molar-refractivity contribution in [1.29, 1.82) is 0 Å². The van der Waals surface area contributed by atoms with Gasteiger partial charge >= 0.3 is 0 Å². The van der Waals surface area contributed by atoms with Crippen LogP contribution in [0.4, 0.5) is 5.69 Å². The van der Waals surface area contributed by atoms with Crippen molar-refractivity contribution in [3.63, 3.8) is 0 Å². The largest absolute Gasteiger partial charge is 0.497 e. The molecular formula is C20H33N3O3. The number of carbonyl (C=O) groups is 1. The number of ether oxygens (including phenoxy) is 2. The molecule has 0 saturated carbocycles. The lowest BCUT2D eigenvalue weighted by Gasteiger charge is -2.22. The molecule has 6 heteroatoms. The van der Waals surface area contributed by atoms with Crippen molar-refractivity contribution in [1.82, 2.24) is 10.2 Å². The summed E-state index contributed by atoms with van der Waals surface area (Å²) in [6.45, 7) is 8.83. The normalized spacial score (nSPS) is 16.9. The fourth-order valence-electron chi connectivity index (χ4n) is 3.33. The molecular weight excluding hydrogens is 330 g/mol. The third-order valence-corrected chi connectivity index (χ3v) is 4.76. The van der Waals surface area contributed by atoms with Crippen molar-refractivity contribution >= 4 is 11.6 Å². The summed E-state index contributed by atoms with van der Waals surface area (Å²) in [6, 6.07) is 5.49. The second-order valence-electron chi connectivity index (χ2n) is 7.24. The number of nitrogens with one attached hydrogen (secondary N) is 2. The van der Waals surface area contributed by atoms with Crippen molar-refractivity contribution in [2.45, 2.75) is 39.2 Å². The zero-order chi connectivity index (χ0) is 18.9. The Labute approximate surface area is 157 Å². The predicted molar refractivity (Wildman–Crippen MR) is 105 cm³/mol. The van der Waals surface area contributed by atoms with E-state index in [0.717, 1.165) is 13.1 Å². The van der Waals surface area contributed by atoms with E-state index in [1.54, 1.807) is 32.4 Å². The molecule has 2 unspecified atom stereocenters. The van der Waals surface area contributed by atoms with Gasteiger partial charge in [0.2, 0.25) is 5.91 Å². The molecule has 26 heavy (non-hydrogen) atoms. The van der Waals surface area contributed by atoms with Gasteiger partial charge in [0.15, 0.2) is 0 Å². The molecule has 1 aliphatic rings. The molecule has 1 aromatic carbocycles. The summed E-state index contributed by atoms with van der Waals surface area (Å²) >= 11 is 0. The van der Waals surface area contributed by atoms with Crippen molar-refractivity contribution in [2.24, 2.45) is 5.92 Å². The molecule has 1 heterocycles. The maximum atomic E-state index is 12.3. The second-order valence-corrected chi connectivity index (χ2v) is 7.24. The minimum Gasteiger partial charge on any atom is -0.497 e. The smallest absolute Gasteiger partial charge is 0.226 e. The number of hydrogen-bond acceptors (Lipinski definition) is 5. The molecule has 0 spiro atoms. The van der Waals surface area contributed by atoms with Crippen LogP contribution in [0.5, 0.6) is 11.5 Å². The SMILES string of the molecule is COc1ccc(NC(=O)CC(C)NCC(C)CN2CCCC2)c(OC)c1. The van der Waals surface area contributed by atoms with Crippen LogP contribution in [0.25, 0.3) is 0 Å². The van der Waals surface area contributed by atoms with E-state index in [1.807, 2.05) is 6.92 Å².